The number of benzene rings is 3. The summed E-state index contributed by atoms with van der Waals surface area (Å²) in [5, 5.41) is 14.5. The fourth-order valence-corrected chi connectivity index (χ4v) is 3.53. The van der Waals surface area contributed by atoms with E-state index in [4.69, 9.17) is 9.84 Å². The lowest BCUT2D eigenvalue weighted by Gasteiger charge is -2.19. The number of unbranched alkanes of at least 4 members (excludes halogenated alkanes) is 1. The van der Waals surface area contributed by atoms with Crippen LogP contribution in [0.3, 0.4) is 0 Å². The Hall–Kier alpha value is -4.13. The third-order valence-electron chi connectivity index (χ3n) is 5.62. The van der Waals surface area contributed by atoms with Crippen molar-refractivity contribution >= 4 is 29.2 Å². The number of carbonyl (C=O) groups is 3. The van der Waals surface area contributed by atoms with Gasteiger partial charge in [-0.15, -0.1) is 0 Å². The zero-order chi connectivity index (χ0) is 26.1. The first-order valence-corrected chi connectivity index (χ1v) is 11.9. The van der Waals surface area contributed by atoms with Crippen LogP contribution in [0, 0.1) is 0 Å². The Morgan fingerprint density at radius 2 is 1.50 bits per heavy atom. The van der Waals surface area contributed by atoms with E-state index in [1.54, 1.807) is 24.3 Å². The highest BCUT2D eigenvalue weighted by atomic mass is 16.5. The molecule has 0 aromatic heterocycles. The molecule has 3 aromatic rings. The maximum absolute atomic E-state index is 12.7. The maximum atomic E-state index is 12.7. The fraction of sp³-hybridized carbons (Fsp3) is 0.276. The highest BCUT2D eigenvalue weighted by molar-refractivity contribution is 6.10. The maximum Gasteiger partial charge on any atom is 0.335 e. The minimum Gasteiger partial charge on any atom is -0.494 e. The molecule has 0 unspecified atom stereocenters. The summed E-state index contributed by atoms with van der Waals surface area (Å²) in [6.45, 7) is 7.02. The average molecular weight is 489 g/mol. The predicted molar refractivity (Wildman–Crippen MR) is 141 cm³/mol. The number of hydrogen-bond acceptors (Lipinski definition) is 4. The monoisotopic (exact) mass is 488 g/mol. The molecule has 0 saturated carbocycles. The van der Waals surface area contributed by atoms with Crippen molar-refractivity contribution < 1.29 is 24.2 Å². The van der Waals surface area contributed by atoms with Gasteiger partial charge in [-0.3, -0.25) is 9.59 Å². The minimum atomic E-state index is -1.04. The molecule has 0 radical (unpaired) electrons. The van der Waals surface area contributed by atoms with E-state index in [2.05, 4.69) is 43.5 Å². The second-order valence-corrected chi connectivity index (χ2v) is 9.51. The van der Waals surface area contributed by atoms with Gasteiger partial charge in [-0.25, -0.2) is 4.79 Å². The molecule has 0 atom stereocenters. The van der Waals surface area contributed by atoms with E-state index in [-0.39, 0.29) is 16.9 Å². The summed E-state index contributed by atoms with van der Waals surface area (Å²) in [7, 11) is 0. The topological polar surface area (TPSA) is 105 Å². The number of carbonyl (C=O) groups excluding carboxylic acids is 2. The Morgan fingerprint density at radius 1 is 0.833 bits per heavy atom. The Bertz CT molecular complexity index is 1200. The molecule has 0 bridgehead atoms. The van der Waals surface area contributed by atoms with E-state index in [1.165, 1.54) is 29.8 Å². The van der Waals surface area contributed by atoms with Crippen molar-refractivity contribution in [3.63, 3.8) is 0 Å². The SMILES string of the molecule is CC(C)(C)c1ccc(OCCCCC(=O)Nc2ccccc2C(=O)Nc2ccc(C(=O)O)cc2)cc1. The van der Waals surface area contributed by atoms with Crippen molar-refractivity contribution in [1.29, 1.82) is 0 Å². The van der Waals surface area contributed by atoms with E-state index < -0.39 is 11.9 Å². The number of amides is 2. The molecule has 7 nitrogen and oxygen atoms in total. The van der Waals surface area contributed by atoms with Crippen molar-refractivity contribution in [1.82, 2.24) is 0 Å². The number of nitrogens with one attached hydrogen (secondary N) is 2. The van der Waals surface area contributed by atoms with Crippen LogP contribution in [-0.2, 0) is 10.2 Å². The summed E-state index contributed by atoms with van der Waals surface area (Å²) in [5.74, 6) is -0.817. The van der Waals surface area contributed by atoms with Crippen LogP contribution in [0.1, 0.15) is 66.3 Å². The summed E-state index contributed by atoms with van der Waals surface area (Å²) in [6.07, 6.45) is 1.68. The molecular formula is C29H32N2O5. The van der Waals surface area contributed by atoms with E-state index in [0.29, 0.717) is 36.4 Å². The second kappa shape index (κ2) is 12.0. The molecule has 0 aliphatic rings. The van der Waals surface area contributed by atoms with Crippen molar-refractivity contribution in [3.8, 4) is 5.75 Å². The molecule has 3 rings (SSSR count). The van der Waals surface area contributed by atoms with Crippen LogP contribution in [0.5, 0.6) is 5.75 Å². The average Bonchev–Trinajstić information content (AvgIpc) is 2.84. The van der Waals surface area contributed by atoms with E-state index in [1.807, 2.05) is 12.1 Å². The first-order chi connectivity index (χ1) is 17.1. The Kier molecular flexibility index (Phi) is 8.84. The standard InChI is InChI=1S/C29H32N2O5/c1-29(2,3)21-13-17-23(18-14-21)36-19-7-6-10-26(32)31-25-9-5-4-8-24(25)27(33)30-22-15-11-20(12-16-22)28(34)35/h4-5,8-9,11-18H,6-7,10,19H2,1-3H3,(H,30,33)(H,31,32)(H,34,35). The van der Waals surface area contributed by atoms with Gasteiger partial charge in [0.05, 0.1) is 23.4 Å². The molecule has 0 heterocycles. The smallest absolute Gasteiger partial charge is 0.335 e. The predicted octanol–water partition coefficient (Wildman–Crippen LogP) is 6.12. The molecule has 2 amide bonds. The third-order valence-corrected chi connectivity index (χ3v) is 5.62. The first-order valence-electron chi connectivity index (χ1n) is 11.9. The van der Waals surface area contributed by atoms with Gasteiger partial charge in [-0.1, -0.05) is 45.0 Å². The van der Waals surface area contributed by atoms with Gasteiger partial charge in [0.2, 0.25) is 5.91 Å². The van der Waals surface area contributed by atoms with Gasteiger partial charge in [0.1, 0.15) is 5.75 Å². The molecule has 0 aliphatic heterocycles. The highest BCUT2D eigenvalue weighted by Gasteiger charge is 2.15. The number of ether oxygens (including phenoxy) is 1. The van der Waals surface area contributed by atoms with Gasteiger partial charge in [0.15, 0.2) is 0 Å². The van der Waals surface area contributed by atoms with Gasteiger partial charge in [-0.2, -0.15) is 0 Å². The van der Waals surface area contributed by atoms with Crippen LogP contribution in [0.15, 0.2) is 72.8 Å². The van der Waals surface area contributed by atoms with E-state index >= 15 is 0 Å². The summed E-state index contributed by atoms with van der Waals surface area (Å²) in [6, 6.07) is 20.7. The summed E-state index contributed by atoms with van der Waals surface area (Å²) in [5.41, 5.74) is 2.66. The lowest BCUT2D eigenvalue weighted by Crippen LogP contribution is -2.18. The van der Waals surface area contributed by atoms with Crippen LogP contribution < -0.4 is 15.4 Å². The normalized spacial score (nSPS) is 11.0. The van der Waals surface area contributed by atoms with E-state index in [0.717, 1.165) is 12.2 Å². The van der Waals surface area contributed by atoms with Crippen LogP contribution in [-0.4, -0.2) is 29.5 Å². The van der Waals surface area contributed by atoms with Gasteiger partial charge in [0.25, 0.3) is 5.91 Å². The Labute approximate surface area is 211 Å². The molecule has 7 heteroatoms. The van der Waals surface area contributed by atoms with Crippen molar-refractivity contribution in [2.45, 2.75) is 45.4 Å². The summed E-state index contributed by atoms with van der Waals surface area (Å²) < 4.78 is 5.78. The number of rotatable bonds is 10. The van der Waals surface area contributed by atoms with Crippen LogP contribution in [0.4, 0.5) is 11.4 Å². The summed E-state index contributed by atoms with van der Waals surface area (Å²) >= 11 is 0. The first kappa shape index (κ1) is 26.5. The number of carboxylic acids is 1. The lowest BCUT2D eigenvalue weighted by atomic mass is 9.87. The third kappa shape index (κ3) is 7.70. The molecule has 0 aliphatic carbocycles. The van der Waals surface area contributed by atoms with Crippen molar-refractivity contribution in [2.24, 2.45) is 0 Å². The zero-order valence-electron chi connectivity index (χ0n) is 20.8. The zero-order valence-corrected chi connectivity index (χ0v) is 20.8. The van der Waals surface area contributed by atoms with Gasteiger partial charge in [0, 0.05) is 12.1 Å². The van der Waals surface area contributed by atoms with Crippen LogP contribution in [0.25, 0.3) is 0 Å². The fourth-order valence-electron chi connectivity index (χ4n) is 3.53. The van der Waals surface area contributed by atoms with E-state index in [9.17, 15) is 14.4 Å². The molecular weight excluding hydrogens is 456 g/mol. The molecule has 3 aromatic carbocycles. The number of anilines is 2. The number of aromatic carboxylic acids is 1. The second-order valence-electron chi connectivity index (χ2n) is 9.51. The molecule has 36 heavy (non-hydrogen) atoms. The van der Waals surface area contributed by atoms with Crippen LogP contribution in [0.2, 0.25) is 0 Å². The van der Waals surface area contributed by atoms with Gasteiger partial charge >= 0.3 is 5.97 Å². The molecule has 0 fully saturated rings. The minimum absolute atomic E-state index is 0.0960. The molecule has 3 N–H and O–H groups in total. The van der Waals surface area contributed by atoms with Crippen molar-refractivity contribution in [3.05, 3.63) is 89.5 Å². The molecule has 188 valence electrons. The van der Waals surface area contributed by atoms with Gasteiger partial charge in [-0.05, 0) is 72.4 Å². The molecule has 0 saturated heterocycles. The van der Waals surface area contributed by atoms with Crippen molar-refractivity contribution in [2.75, 3.05) is 17.2 Å². The van der Waals surface area contributed by atoms with Gasteiger partial charge < -0.3 is 20.5 Å². The van der Waals surface area contributed by atoms with Crippen LogP contribution >= 0.6 is 0 Å². The number of para-hydroxylation sites is 1. The summed E-state index contributed by atoms with van der Waals surface area (Å²) in [4.78, 5) is 36.2. The highest BCUT2D eigenvalue weighted by Crippen LogP contribution is 2.24. The number of hydrogen-bond donors (Lipinski definition) is 3. The Morgan fingerprint density at radius 3 is 2.14 bits per heavy atom. The number of carboxylic acid groups (broad SMARTS) is 1. The Balaban J connectivity index is 1.46. The largest absolute Gasteiger partial charge is 0.494 e. The quantitative estimate of drug-likeness (QED) is 0.298. The lowest BCUT2D eigenvalue weighted by molar-refractivity contribution is -0.116. The molecule has 0 spiro atoms.